The van der Waals surface area contributed by atoms with Gasteiger partial charge in [0.2, 0.25) is 0 Å². The van der Waals surface area contributed by atoms with Crippen molar-refractivity contribution in [2.24, 2.45) is 4.99 Å². The molecule has 0 unspecified atom stereocenters. The van der Waals surface area contributed by atoms with Crippen LogP contribution >= 0.6 is 11.3 Å². The van der Waals surface area contributed by atoms with Crippen molar-refractivity contribution in [3.05, 3.63) is 53.4 Å². The van der Waals surface area contributed by atoms with Crippen LogP contribution in [-0.2, 0) is 0 Å². The third-order valence-corrected chi connectivity index (χ3v) is 4.71. The van der Waals surface area contributed by atoms with Gasteiger partial charge in [-0.1, -0.05) is 18.2 Å². The third kappa shape index (κ3) is 3.55. The zero-order chi connectivity index (χ0) is 17.8. The first-order valence-electron chi connectivity index (χ1n) is 8.31. The molecule has 2 aromatic heterocycles. The van der Waals surface area contributed by atoms with Crippen LogP contribution in [0, 0.1) is 11.3 Å². The molecule has 0 spiro atoms. The number of nitriles is 1. The van der Waals surface area contributed by atoms with Gasteiger partial charge in [0.25, 0.3) is 0 Å². The first-order valence-corrected chi connectivity index (χ1v) is 9.18. The molecule has 3 heterocycles. The SMILES string of the molecule is N#Cc1ccc(-c2cccc(-c3csc(NC4=NCCCN4)n3)n2)cc1. The van der Waals surface area contributed by atoms with E-state index < -0.39 is 0 Å². The summed E-state index contributed by atoms with van der Waals surface area (Å²) in [6.45, 7) is 1.76. The molecule has 0 saturated heterocycles. The maximum Gasteiger partial charge on any atom is 0.197 e. The number of thiazole rings is 1. The fraction of sp³-hybridized carbons (Fsp3) is 0.158. The molecule has 2 N–H and O–H groups in total. The molecule has 26 heavy (non-hydrogen) atoms. The average molecular weight is 360 g/mol. The summed E-state index contributed by atoms with van der Waals surface area (Å²) >= 11 is 1.53. The number of anilines is 1. The smallest absolute Gasteiger partial charge is 0.197 e. The highest BCUT2D eigenvalue weighted by atomic mass is 32.1. The number of hydrogen-bond acceptors (Lipinski definition) is 7. The highest BCUT2D eigenvalue weighted by Gasteiger charge is 2.10. The van der Waals surface area contributed by atoms with Crippen LogP contribution in [0.2, 0.25) is 0 Å². The van der Waals surface area contributed by atoms with Crippen molar-refractivity contribution in [3.8, 4) is 28.7 Å². The van der Waals surface area contributed by atoms with E-state index in [9.17, 15) is 0 Å². The van der Waals surface area contributed by atoms with Crippen LogP contribution in [0.5, 0.6) is 0 Å². The second-order valence-corrected chi connectivity index (χ2v) is 6.63. The van der Waals surface area contributed by atoms with Gasteiger partial charge in [-0.2, -0.15) is 5.26 Å². The van der Waals surface area contributed by atoms with E-state index >= 15 is 0 Å². The Balaban J connectivity index is 1.56. The van der Waals surface area contributed by atoms with E-state index in [1.54, 1.807) is 12.1 Å². The summed E-state index contributed by atoms with van der Waals surface area (Å²) in [5, 5.41) is 18.1. The first-order chi connectivity index (χ1) is 12.8. The lowest BCUT2D eigenvalue weighted by molar-refractivity contribution is 0.740. The quantitative estimate of drug-likeness (QED) is 0.746. The zero-order valence-corrected chi connectivity index (χ0v) is 14.8. The molecule has 1 aliphatic rings. The molecule has 0 amide bonds. The van der Waals surface area contributed by atoms with Crippen LogP contribution in [0.4, 0.5) is 5.13 Å². The van der Waals surface area contributed by atoms with Gasteiger partial charge < -0.3 is 10.6 Å². The standard InChI is InChI=1S/C19H16N6S/c20-11-13-5-7-14(8-6-13)15-3-1-4-16(23-15)17-12-26-19(24-17)25-18-21-9-2-10-22-18/h1,3-8,12H,2,9-10H2,(H2,21,22,24,25). The largest absolute Gasteiger partial charge is 0.356 e. The Kier molecular flexibility index (Phi) is 4.58. The van der Waals surface area contributed by atoms with Gasteiger partial charge in [0, 0.05) is 24.0 Å². The van der Waals surface area contributed by atoms with Crippen LogP contribution in [0.15, 0.2) is 52.8 Å². The molecule has 0 fully saturated rings. The van der Waals surface area contributed by atoms with Crippen molar-refractivity contribution in [2.75, 3.05) is 18.4 Å². The van der Waals surface area contributed by atoms with E-state index in [1.165, 1.54) is 11.3 Å². The highest BCUT2D eigenvalue weighted by molar-refractivity contribution is 7.14. The minimum absolute atomic E-state index is 0.638. The van der Waals surface area contributed by atoms with E-state index in [-0.39, 0.29) is 0 Å². The summed E-state index contributed by atoms with van der Waals surface area (Å²) in [4.78, 5) is 13.7. The maximum absolute atomic E-state index is 8.92. The number of rotatable bonds is 3. The van der Waals surface area contributed by atoms with Crippen molar-refractivity contribution < 1.29 is 0 Å². The molecule has 0 atom stereocenters. The fourth-order valence-electron chi connectivity index (χ4n) is 2.62. The van der Waals surface area contributed by atoms with Crippen molar-refractivity contribution in [1.29, 1.82) is 5.26 Å². The summed E-state index contributed by atoms with van der Waals surface area (Å²) in [5.74, 6) is 0.774. The molecular weight excluding hydrogens is 344 g/mol. The minimum Gasteiger partial charge on any atom is -0.356 e. The Bertz CT molecular complexity index is 984. The van der Waals surface area contributed by atoms with Crippen molar-refractivity contribution in [2.45, 2.75) is 6.42 Å². The molecule has 7 heteroatoms. The number of aliphatic imine (C=N–C) groups is 1. The molecule has 0 bridgehead atoms. The number of hydrogen-bond donors (Lipinski definition) is 2. The van der Waals surface area contributed by atoms with Crippen LogP contribution in [-0.4, -0.2) is 29.0 Å². The van der Waals surface area contributed by atoms with Gasteiger partial charge in [-0.15, -0.1) is 11.3 Å². The number of benzene rings is 1. The average Bonchev–Trinajstić information content (AvgIpc) is 3.17. The summed E-state index contributed by atoms with van der Waals surface area (Å²) in [6, 6.07) is 15.4. The Morgan fingerprint density at radius 1 is 1.04 bits per heavy atom. The maximum atomic E-state index is 8.92. The molecule has 0 aliphatic carbocycles. The van der Waals surface area contributed by atoms with Crippen LogP contribution in [0.3, 0.4) is 0 Å². The lowest BCUT2D eigenvalue weighted by Gasteiger charge is -2.14. The first kappa shape index (κ1) is 16.2. The third-order valence-electron chi connectivity index (χ3n) is 3.95. The van der Waals surface area contributed by atoms with E-state index in [0.717, 1.165) is 53.2 Å². The lowest BCUT2D eigenvalue weighted by atomic mass is 10.1. The van der Waals surface area contributed by atoms with E-state index in [0.29, 0.717) is 5.56 Å². The molecule has 0 saturated carbocycles. The molecule has 4 rings (SSSR count). The molecule has 1 aromatic carbocycles. The van der Waals surface area contributed by atoms with Crippen molar-refractivity contribution >= 4 is 22.4 Å². The molecular formula is C19H16N6S. The molecule has 6 nitrogen and oxygen atoms in total. The van der Waals surface area contributed by atoms with Gasteiger partial charge in [0.05, 0.1) is 23.0 Å². The number of pyridine rings is 1. The lowest BCUT2D eigenvalue weighted by Crippen LogP contribution is -2.35. The van der Waals surface area contributed by atoms with E-state index in [4.69, 9.17) is 10.2 Å². The Labute approximate surface area is 155 Å². The van der Waals surface area contributed by atoms with E-state index in [1.807, 2.05) is 35.7 Å². The Morgan fingerprint density at radius 2 is 1.88 bits per heavy atom. The summed E-state index contributed by atoms with van der Waals surface area (Å²) in [6.07, 6.45) is 1.06. The fourth-order valence-corrected chi connectivity index (χ4v) is 3.32. The second-order valence-electron chi connectivity index (χ2n) is 5.77. The van der Waals surface area contributed by atoms with Crippen LogP contribution in [0.1, 0.15) is 12.0 Å². The molecule has 3 aromatic rings. The number of guanidine groups is 1. The normalized spacial score (nSPS) is 13.4. The van der Waals surface area contributed by atoms with Crippen molar-refractivity contribution in [3.63, 3.8) is 0 Å². The second kappa shape index (κ2) is 7.33. The zero-order valence-electron chi connectivity index (χ0n) is 13.9. The van der Waals surface area contributed by atoms with Gasteiger partial charge in [-0.05, 0) is 30.7 Å². The van der Waals surface area contributed by atoms with Gasteiger partial charge >= 0.3 is 0 Å². The Morgan fingerprint density at radius 3 is 2.65 bits per heavy atom. The number of nitrogens with one attached hydrogen (secondary N) is 2. The summed E-state index contributed by atoms with van der Waals surface area (Å²) in [5.41, 5.74) is 4.10. The number of aromatic nitrogens is 2. The molecule has 128 valence electrons. The predicted molar refractivity (Wildman–Crippen MR) is 104 cm³/mol. The highest BCUT2D eigenvalue weighted by Crippen LogP contribution is 2.26. The topological polar surface area (TPSA) is 86.0 Å². The molecule has 0 radical (unpaired) electrons. The van der Waals surface area contributed by atoms with E-state index in [2.05, 4.69) is 26.7 Å². The monoisotopic (exact) mass is 360 g/mol. The van der Waals surface area contributed by atoms with Crippen molar-refractivity contribution in [1.82, 2.24) is 15.3 Å². The minimum atomic E-state index is 0.638. The predicted octanol–water partition coefficient (Wildman–Crippen LogP) is 3.50. The van der Waals surface area contributed by atoms with Gasteiger partial charge in [0.15, 0.2) is 11.1 Å². The van der Waals surface area contributed by atoms with Crippen LogP contribution < -0.4 is 10.6 Å². The molecule has 1 aliphatic heterocycles. The van der Waals surface area contributed by atoms with Gasteiger partial charge in [-0.25, -0.2) is 9.97 Å². The van der Waals surface area contributed by atoms with Crippen LogP contribution in [0.25, 0.3) is 22.6 Å². The Hall–Kier alpha value is -3.24. The van der Waals surface area contributed by atoms with Gasteiger partial charge in [0.1, 0.15) is 5.69 Å². The van der Waals surface area contributed by atoms with Gasteiger partial charge in [-0.3, -0.25) is 4.99 Å². The summed E-state index contributed by atoms with van der Waals surface area (Å²) in [7, 11) is 0. The summed E-state index contributed by atoms with van der Waals surface area (Å²) < 4.78 is 0. The number of nitrogens with zero attached hydrogens (tertiary/aromatic N) is 4.